The van der Waals surface area contributed by atoms with Crippen LogP contribution in [0.2, 0.25) is 0 Å². The van der Waals surface area contributed by atoms with Crippen molar-refractivity contribution in [3.8, 4) is 11.5 Å². The lowest BCUT2D eigenvalue weighted by molar-refractivity contribution is 0.0992. The van der Waals surface area contributed by atoms with Gasteiger partial charge in [0.2, 0.25) is 0 Å². The van der Waals surface area contributed by atoms with E-state index in [1.54, 1.807) is 60.7 Å². The SMILES string of the molecule is COc1ccc(OC)c(N2C(=O)c3cccnc3[C@H]2Nc2cccc(F)c2)c1. The molecule has 0 aliphatic carbocycles. The van der Waals surface area contributed by atoms with Crippen molar-refractivity contribution in [1.82, 2.24) is 4.98 Å². The van der Waals surface area contributed by atoms with Gasteiger partial charge in [-0.3, -0.25) is 14.7 Å². The number of anilines is 2. The van der Waals surface area contributed by atoms with Crippen LogP contribution in [0.15, 0.2) is 60.8 Å². The number of carbonyl (C=O) groups is 1. The second-order valence-corrected chi connectivity index (χ2v) is 6.21. The summed E-state index contributed by atoms with van der Waals surface area (Å²) in [6.07, 6.45) is 0.991. The van der Waals surface area contributed by atoms with E-state index in [4.69, 9.17) is 9.47 Å². The monoisotopic (exact) mass is 379 g/mol. The second-order valence-electron chi connectivity index (χ2n) is 6.21. The smallest absolute Gasteiger partial charge is 0.262 e. The minimum Gasteiger partial charge on any atom is -0.497 e. The highest BCUT2D eigenvalue weighted by Crippen LogP contribution is 2.42. The zero-order valence-electron chi connectivity index (χ0n) is 15.3. The van der Waals surface area contributed by atoms with Gasteiger partial charge < -0.3 is 14.8 Å². The minimum absolute atomic E-state index is 0.233. The second kappa shape index (κ2) is 7.19. The van der Waals surface area contributed by atoms with E-state index < -0.39 is 6.17 Å². The number of hydrogen-bond donors (Lipinski definition) is 1. The third-order valence-corrected chi connectivity index (χ3v) is 4.58. The van der Waals surface area contributed by atoms with E-state index >= 15 is 0 Å². The largest absolute Gasteiger partial charge is 0.497 e. The Labute approximate surface area is 161 Å². The maximum atomic E-state index is 13.7. The number of halogens is 1. The van der Waals surface area contributed by atoms with E-state index in [-0.39, 0.29) is 11.7 Å². The summed E-state index contributed by atoms with van der Waals surface area (Å²) in [5.74, 6) is 0.481. The van der Waals surface area contributed by atoms with Crippen LogP contribution in [0.1, 0.15) is 22.2 Å². The molecule has 4 rings (SSSR count). The lowest BCUT2D eigenvalue weighted by Crippen LogP contribution is -2.32. The Hall–Kier alpha value is -3.61. The molecule has 0 saturated heterocycles. The highest BCUT2D eigenvalue weighted by molar-refractivity contribution is 6.11. The molecule has 0 saturated carbocycles. The molecule has 0 radical (unpaired) electrons. The van der Waals surface area contributed by atoms with Crippen LogP contribution in [0.5, 0.6) is 11.5 Å². The zero-order valence-corrected chi connectivity index (χ0v) is 15.3. The van der Waals surface area contributed by atoms with Crippen molar-refractivity contribution in [1.29, 1.82) is 0 Å². The van der Waals surface area contributed by atoms with Gasteiger partial charge in [-0.2, -0.15) is 0 Å². The van der Waals surface area contributed by atoms with Gasteiger partial charge in [0.25, 0.3) is 5.91 Å². The molecular formula is C21H18FN3O3. The number of benzene rings is 2. The number of nitrogens with zero attached hydrogens (tertiary/aromatic N) is 2. The van der Waals surface area contributed by atoms with E-state index in [9.17, 15) is 9.18 Å². The molecule has 0 spiro atoms. The van der Waals surface area contributed by atoms with Crippen molar-refractivity contribution in [2.24, 2.45) is 0 Å². The van der Waals surface area contributed by atoms with Crippen LogP contribution in [0.25, 0.3) is 0 Å². The number of rotatable bonds is 5. The number of hydrogen-bond acceptors (Lipinski definition) is 5. The van der Waals surface area contributed by atoms with Gasteiger partial charge in [0.05, 0.1) is 31.2 Å². The molecule has 1 amide bonds. The van der Waals surface area contributed by atoms with Gasteiger partial charge in [-0.25, -0.2) is 4.39 Å². The Morgan fingerprint density at radius 1 is 1.07 bits per heavy atom. The van der Waals surface area contributed by atoms with Crippen LogP contribution in [0, 0.1) is 5.82 Å². The van der Waals surface area contributed by atoms with Gasteiger partial charge in [0.1, 0.15) is 17.3 Å². The molecule has 1 N–H and O–H groups in total. The molecule has 6 nitrogen and oxygen atoms in total. The maximum Gasteiger partial charge on any atom is 0.262 e. The molecule has 142 valence electrons. The van der Waals surface area contributed by atoms with Crippen LogP contribution in [-0.2, 0) is 0 Å². The van der Waals surface area contributed by atoms with Crippen molar-refractivity contribution in [3.63, 3.8) is 0 Å². The summed E-state index contributed by atoms with van der Waals surface area (Å²) >= 11 is 0. The Kier molecular flexibility index (Phi) is 4.57. The molecule has 2 heterocycles. The van der Waals surface area contributed by atoms with Crippen LogP contribution in [0.3, 0.4) is 0 Å². The Balaban J connectivity index is 1.84. The van der Waals surface area contributed by atoms with E-state index in [1.807, 2.05) is 0 Å². The van der Waals surface area contributed by atoms with Crippen LogP contribution in [0.4, 0.5) is 15.8 Å². The molecule has 1 aliphatic rings. The Morgan fingerprint density at radius 3 is 2.68 bits per heavy atom. The first-order valence-electron chi connectivity index (χ1n) is 8.65. The maximum absolute atomic E-state index is 13.7. The molecule has 1 aromatic heterocycles. The van der Waals surface area contributed by atoms with E-state index in [0.29, 0.717) is 34.1 Å². The molecule has 2 aromatic carbocycles. The highest BCUT2D eigenvalue weighted by Gasteiger charge is 2.40. The molecule has 28 heavy (non-hydrogen) atoms. The quantitative estimate of drug-likeness (QED) is 0.726. The average Bonchev–Trinajstić information content (AvgIpc) is 2.99. The van der Waals surface area contributed by atoms with E-state index in [0.717, 1.165) is 0 Å². The first-order valence-corrected chi connectivity index (χ1v) is 8.65. The van der Waals surface area contributed by atoms with Crippen LogP contribution < -0.4 is 19.7 Å². The van der Waals surface area contributed by atoms with Gasteiger partial charge in [0, 0.05) is 18.0 Å². The predicted molar refractivity (Wildman–Crippen MR) is 103 cm³/mol. The van der Waals surface area contributed by atoms with Crippen molar-refractivity contribution < 1.29 is 18.7 Å². The fraction of sp³-hybridized carbons (Fsp3) is 0.143. The number of amides is 1. The summed E-state index contributed by atoms with van der Waals surface area (Å²) in [7, 11) is 3.09. The number of carbonyl (C=O) groups excluding carboxylic acids is 1. The summed E-state index contributed by atoms with van der Waals surface area (Å²) < 4.78 is 24.5. The topological polar surface area (TPSA) is 63.7 Å². The summed E-state index contributed by atoms with van der Waals surface area (Å²) in [5, 5.41) is 3.21. The summed E-state index contributed by atoms with van der Waals surface area (Å²) in [6.45, 7) is 0. The molecular weight excluding hydrogens is 361 g/mol. The van der Waals surface area contributed by atoms with Crippen molar-refractivity contribution in [2.75, 3.05) is 24.4 Å². The Morgan fingerprint density at radius 2 is 1.93 bits per heavy atom. The summed E-state index contributed by atoms with van der Waals surface area (Å²) in [4.78, 5) is 19.1. The molecule has 0 bridgehead atoms. The third kappa shape index (κ3) is 3.00. The van der Waals surface area contributed by atoms with Crippen LogP contribution in [-0.4, -0.2) is 25.1 Å². The zero-order chi connectivity index (χ0) is 19.7. The van der Waals surface area contributed by atoms with Crippen molar-refractivity contribution in [3.05, 3.63) is 77.9 Å². The number of nitrogens with one attached hydrogen (secondary N) is 1. The van der Waals surface area contributed by atoms with E-state index in [2.05, 4.69) is 10.3 Å². The van der Waals surface area contributed by atoms with Gasteiger partial charge in [-0.1, -0.05) is 6.07 Å². The Bertz CT molecular complexity index is 1040. The molecule has 0 fully saturated rings. The fourth-order valence-electron chi connectivity index (χ4n) is 3.29. The highest BCUT2D eigenvalue weighted by atomic mass is 19.1. The summed E-state index contributed by atoms with van der Waals surface area (Å²) in [5.41, 5.74) is 2.09. The molecule has 0 unspecified atom stereocenters. The third-order valence-electron chi connectivity index (χ3n) is 4.58. The van der Waals surface area contributed by atoms with Crippen molar-refractivity contribution >= 4 is 17.3 Å². The van der Waals surface area contributed by atoms with Gasteiger partial charge in [0.15, 0.2) is 6.17 Å². The van der Waals surface area contributed by atoms with Crippen molar-refractivity contribution in [2.45, 2.75) is 6.17 Å². The molecule has 1 atom stereocenters. The lowest BCUT2D eigenvalue weighted by atomic mass is 10.2. The molecule has 1 aliphatic heterocycles. The molecule has 7 heteroatoms. The summed E-state index contributed by atoms with van der Waals surface area (Å²) in [6, 6.07) is 14.7. The number of fused-ring (bicyclic) bond motifs is 1. The lowest BCUT2D eigenvalue weighted by Gasteiger charge is -2.28. The number of ether oxygens (including phenoxy) is 2. The predicted octanol–water partition coefficient (Wildman–Crippen LogP) is 4.01. The number of methoxy groups -OCH3 is 2. The first kappa shape index (κ1) is 17.8. The number of pyridine rings is 1. The van der Waals surface area contributed by atoms with Gasteiger partial charge >= 0.3 is 0 Å². The van der Waals surface area contributed by atoms with Gasteiger partial charge in [-0.15, -0.1) is 0 Å². The average molecular weight is 379 g/mol. The first-order chi connectivity index (χ1) is 13.6. The fourth-order valence-corrected chi connectivity index (χ4v) is 3.29. The standard InChI is InChI=1S/C21H18FN3O3/c1-27-15-8-9-18(28-2)17(12-15)25-20(24-14-6-3-5-13(22)11-14)19-16(21(25)26)7-4-10-23-19/h3-12,20,24H,1-2H3/t20-/m0/s1. The van der Waals surface area contributed by atoms with Crippen LogP contribution >= 0.6 is 0 Å². The molecule has 3 aromatic rings. The van der Waals surface area contributed by atoms with Gasteiger partial charge in [-0.05, 0) is 42.5 Å². The number of aromatic nitrogens is 1. The normalized spacial score (nSPS) is 15.3. The minimum atomic E-state index is -0.633. The van der Waals surface area contributed by atoms with E-state index in [1.165, 1.54) is 19.2 Å².